The van der Waals surface area contributed by atoms with Gasteiger partial charge in [0, 0.05) is 31.6 Å². The van der Waals surface area contributed by atoms with Gasteiger partial charge in [0.05, 0.1) is 0 Å². The third kappa shape index (κ3) is 7.91. The number of hydrogen-bond donors (Lipinski definition) is 0. The summed E-state index contributed by atoms with van der Waals surface area (Å²) in [4.78, 5) is 27.7. The maximum Gasteiger partial charge on any atom is 0.406 e. The lowest BCUT2D eigenvalue weighted by molar-refractivity contribution is -0.167. The summed E-state index contributed by atoms with van der Waals surface area (Å²) in [5, 5.41) is 0. The minimum absolute atomic E-state index is 0.0459. The molecule has 29 heavy (non-hydrogen) atoms. The van der Waals surface area contributed by atoms with Gasteiger partial charge < -0.3 is 9.80 Å². The van der Waals surface area contributed by atoms with Crippen molar-refractivity contribution in [3.05, 3.63) is 42.0 Å². The Morgan fingerprint density at radius 1 is 1.07 bits per heavy atom. The number of carbonyl (C=O) groups excluding carboxylic acids is 2. The molecule has 1 aromatic carbocycles. The van der Waals surface area contributed by atoms with Crippen LogP contribution < -0.4 is 0 Å². The van der Waals surface area contributed by atoms with E-state index in [1.54, 1.807) is 11.0 Å². The molecule has 160 valence electrons. The number of likely N-dealkylation sites (tertiary alicyclic amines) is 1. The van der Waals surface area contributed by atoms with Gasteiger partial charge in [-0.05, 0) is 29.9 Å². The summed E-state index contributed by atoms with van der Waals surface area (Å²) in [6.45, 7) is 4.97. The van der Waals surface area contributed by atoms with E-state index in [1.807, 2.05) is 51.1 Å². The van der Waals surface area contributed by atoms with Crippen LogP contribution in [0.4, 0.5) is 13.2 Å². The van der Waals surface area contributed by atoms with Crippen LogP contribution in [0.2, 0.25) is 0 Å². The van der Waals surface area contributed by atoms with Crippen LogP contribution in [0.3, 0.4) is 0 Å². The number of benzene rings is 1. The van der Waals surface area contributed by atoms with Crippen LogP contribution >= 0.6 is 0 Å². The molecule has 1 aromatic rings. The SMILES string of the molecule is CC(C)(C)CN(CC(F)(F)F)C(=O)C1CCN(C(=O)/C=C/c2ccccc2)CC1. The Bertz CT molecular complexity index is 700. The van der Waals surface area contributed by atoms with Crippen molar-refractivity contribution in [2.24, 2.45) is 11.3 Å². The molecule has 0 spiro atoms. The topological polar surface area (TPSA) is 40.6 Å². The Morgan fingerprint density at radius 2 is 1.66 bits per heavy atom. The number of amides is 2. The van der Waals surface area contributed by atoms with Gasteiger partial charge in [-0.3, -0.25) is 9.59 Å². The van der Waals surface area contributed by atoms with E-state index in [4.69, 9.17) is 0 Å². The summed E-state index contributed by atoms with van der Waals surface area (Å²) in [6.07, 6.45) is -0.453. The van der Waals surface area contributed by atoms with Gasteiger partial charge in [0.15, 0.2) is 0 Å². The highest BCUT2D eigenvalue weighted by atomic mass is 19.4. The van der Waals surface area contributed by atoms with Gasteiger partial charge >= 0.3 is 6.18 Å². The van der Waals surface area contributed by atoms with Crippen LogP contribution in [0.1, 0.15) is 39.2 Å². The summed E-state index contributed by atoms with van der Waals surface area (Å²) in [5.74, 6) is -1.10. The summed E-state index contributed by atoms with van der Waals surface area (Å²) in [6, 6.07) is 9.43. The highest BCUT2D eigenvalue weighted by molar-refractivity contribution is 5.92. The molecule has 0 aromatic heterocycles. The van der Waals surface area contributed by atoms with E-state index in [2.05, 4.69) is 0 Å². The van der Waals surface area contributed by atoms with E-state index in [0.717, 1.165) is 10.5 Å². The average Bonchev–Trinajstić information content (AvgIpc) is 2.63. The van der Waals surface area contributed by atoms with Crippen LogP contribution in [0.25, 0.3) is 6.08 Å². The van der Waals surface area contributed by atoms with E-state index in [-0.39, 0.29) is 12.5 Å². The molecule has 2 amide bonds. The van der Waals surface area contributed by atoms with E-state index in [0.29, 0.717) is 25.9 Å². The number of carbonyl (C=O) groups is 2. The summed E-state index contributed by atoms with van der Waals surface area (Å²) < 4.78 is 38.8. The van der Waals surface area contributed by atoms with Gasteiger partial charge in [-0.15, -0.1) is 0 Å². The lowest BCUT2D eigenvalue weighted by atomic mass is 9.92. The van der Waals surface area contributed by atoms with Crippen molar-refractivity contribution in [3.63, 3.8) is 0 Å². The number of alkyl halides is 3. The predicted molar refractivity (Wildman–Crippen MR) is 107 cm³/mol. The van der Waals surface area contributed by atoms with Crippen LogP contribution in [0, 0.1) is 11.3 Å². The fourth-order valence-corrected chi connectivity index (χ4v) is 3.44. The first-order valence-electron chi connectivity index (χ1n) is 9.82. The molecule has 1 fully saturated rings. The largest absolute Gasteiger partial charge is 0.406 e. The normalized spacial score (nSPS) is 16.3. The first-order chi connectivity index (χ1) is 13.4. The van der Waals surface area contributed by atoms with Crippen LogP contribution in [-0.4, -0.2) is 54.0 Å². The molecule has 4 nitrogen and oxygen atoms in total. The zero-order valence-electron chi connectivity index (χ0n) is 17.2. The molecular formula is C22H29F3N2O2. The van der Waals surface area contributed by atoms with Crippen molar-refractivity contribution in [2.75, 3.05) is 26.2 Å². The molecule has 7 heteroatoms. The van der Waals surface area contributed by atoms with Crippen molar-refractivity contribution < 1.29 is 22.8 Å². The molecule has 0 bridgehead atoms. The molecule has 1 aliphatic rings. The zero-order chi connectivity index (χ0) is 21.7. The fraction of sp³-hybridized carbons (Fsp3) is 0.545. The Balaban J connectivity index is 1.94. The second-order valence-electron chi connectivity index (χ2n) is 8.71. The molecule has 0 radical (unpaired) electrons. The third-order valence-corrected chi connectivity index (χ3v) is 4.72. The van der Waals surface area contributed by atoms with Crippen molar-refractivity contribution in [3.8, 4) is 0 Å². The van der Waals surface area contributed by atoms with Crippen LogP contribution in [0.5, 0.6) is 0 Å². The molecule has 0 aliphatic carbocycles. The number of nitrogens with zero attached hydrogens (tertiary/aromatic N) is 2. The number of hydrogen-bond acceptors (Lipinski definition) is 2. The minimum atomic E-state index is -4.43. The van der Waals surface area contributed by atoms with Crippen molar-refractivity contribution in [1.29, 1.82) is 0 Å². The van der Waals surface area contributed by atoms with Gasteiger partial charge in [-0.1, -0.05) is 51.1 Å². The number of halogens is 3. The first-order valence-corrected chi connectivity index (χ1v) is 9.82. The Labute approximate surface area is 170 Å². The second-order valence-corrected chi connectivity index (χ2v) is 8.71. The monoisotopic (exact) mass is 410 g/mol. The van der Waals surface area contributed by atoms with Gasteiger partial charge in [-0.2, -0.15) is 13.2 Å². The average molecular weight is 410 g/mol. The van der Waals surface area contributed by atoms with E-state index < -0.39 is 30.0 Å². The van der Waals surface area contributed by atoms with Gasteiger partial charge in [0.1, 0.15) is 6.54 Å². The molecule has 0 atom stereocenters. The molecule has 1 saturated heterocycles. The molecular weight excluding hydrogens is 381 g/mol. The van der Waals surface area contributed by atoms with Crippen molar-refractivity contribution >= 4 is 17.9 Å². The first kappa shape index (κ1) is 23.0. The van der Waals surface area contributed by atoms with Crippen LogP contribution in [-0.2, 0) is 9.59 Å². The lowest BCUT2D eigenvalue weighted by Gasteiger charge is -2.36. The Kier molecular flexibility index (Phi) is 7.49. The van der Waals surface area contributed by atoms with Crippen molar-refractivity contribution in [1.82, 2.24) is 9.80 Å². The Morgan fingerprint density at radius 3 is 2.17 bits per heavy atom. The summed E-state index contributed by atoms with van der Waals surface area (Å²) >= 11 is 0. The van der Waals surface area contributed by atoms with Gasteiger partial charge in [-0.25, -0.2) is 0 Å². The van der Waals surface area contributed by atoms with Crippen LogP contribution in [0.15, 0.2) is 36.4 Å². The highest BCUT2D eigenvalue weighted by Crippen LogP contribution is 2.26. The zero-order valence-corrected chi connectivity index (χ0v) is 17.2. The quantitative estimate of drug-likeness (QED) is 0.676. The Hall–Kier alpha value is -2.31. The van der Waals surface area contributed by atoms with E-state index >= 15 is 0 Å². The number of rotatable bonds is 5. The molecule has 0 saturated carbocycles. The highest BCUT2D eigenvalue weighted by Gasteiger charge is 2.38. The molecule has 1 heterocycles. The fourth-order valence-electron chi connectivity index (χ4n) is 3.44. The van der Waals surface area contributed by atoms with Gasteiger partial charge in [0.25, 0.3) is 0 Å². The second kappa shape index (κ2) is 9.46. The minimum Gasteiger partial charge on any atom is -0.339 e. The number of piperidine rings is 1. The predicted octanol–water partition coefficient (Wildman–Crippen LogP) is 4.38. The standard InChI is InChI=1S/C22H29F3N2O2/c1-21(2,3)15-27(16-22(23,24)25)20(29)18-11-13-26(14-12-18)19(28)10-9-17-7-5-4-6-8-17/h4-10,18H,11-16H2,1-3H3/b10-9+. The van der Waals surface area contributed by atoms with E-state index in [9.17, 15) is 22.8 Å². The summed E-state index contributed by atoms with van der Waals surface area (Å²) in [7, 11) is 0. The van der Waals surface area contributed by atoms with E-state index in [1.165, 1.54) is 6.08 Å². The maximum absolute atomic E-state index is 12.9. The molecule has 0 N–H and O–H groups in total. The lowest BCUT2D eigenvalue weighted by Crippen LogP contribution is -2.48. The molecule has 1 aliphatic heterocycles. The van der Waals surface area contributed by atoms with Gasteiger partial charge in [0.2, 0.25) is 11.8 Å². The molecule has 0 unspecified atom stereocenters. The summed E-state index contributed by atoms with van der Waals surface area (Å²) in [5.41, 5.74) is 0.482. The smallest absolute Gasteiger partial charge is 0.339 e. The molecule has 2 rings (SSSR count). The maximum atomic E-state index is 12.9. The third-order valence-electron chi connectivity index (χ3n) is 4.72. The van der Waals surface area contributed by atoms with Crippen molar-refractivity contribution in [2.45, 2.75) is 39.8 Å².